The number of amides is 1. The van der Waals surface area contributed by atoms with E-state index in [4.69, 9.17) is 26.8 Å². The second-order valence-electron chi connectivity index (χ2n) is 3.56. The first kappa shape index (κ1) is 14.6. The highest BCUT2D eigenvalue weighted by Gasteiger charge is 2.13. The Balaban J connectivity index is 2.84. The van der Waals surface area contributed by atoms with E-state index in [-0.39, 0.29) is 12.5 Å². The quantitative estimate of drug-likeness (QED) is 0.819. The van der Waals surface area contributed by atoms with Crippen LogP contribution in [0.5, 0.6) is 11.5 Å². The predicted octanol–water partition coefficient (Wildman–Crippen LogP) is 1.32. The fourth-order valence-corrected chi connectivity index (χ4v) is 1.70. The van der Waals surface area contributed by atoms with Gasteiger partial charge in [-0.3, -0.25) is 4.79 Å². The van der Waals surface area contributed by atoms with Gasteiger partial charge in [-0.1, -0.05) is 11.6 Å². The predicted molar refractivity (Wildman–Crippen MR) is 70.1 cm³/mol. The van der Waals surface area contributed by atoms with Gasteiger partial charge in [0, 0.05) is 13.1 Å². The monoisotopic (exact) mass is 272 g/mol. The molecule has 0 atom stereocenters. The van der Waals surface area contributed by atoms with Crippen LogP contribution < -0.4 is 20.5 Å². The summed E-state index contributed by atoms with van der Waals surface area (Å²) in [6, 6.07) is 3.43. The number of hydrogen-bond donors (Lipinski definition) is 2. The minimum Gasteiger partial charge on any atom is -0.493 e. The second-order valence-corrected chi connectivity index (χ2v) is 3.96. The molecule has 0 spiro atoms. The van der Waals surface area contributed by atoms with Gasteiger partial charge in [0.05, 0.1) is 12.1 Å². The van der Waals surface area contributed by atoms with Crippen molar-refractivity contribution in [2.75, 3.05) is 20.3 Å². The average Bonchev–Trinajstić information content (AvgIpc) is 2.36. The van der Waals surface area contributed by atoms with E-state index in [0.29, 0.717) is 29.6 Å². The van der Waals surface area contributed by atoms with E-state index in [9.17, 15) is 4.79 Å². The molecule has 5 nitrogen and oxygen atoms in total. The number of carbonyl (C=O) groups is 1. The average molecular weight is 273 g/mol. The van der Waals surface area contributed by atoms with Crippen LogP contribution in [-0.2, 0) is 11.3 Å². The van der Waals surface area contributed by atoms with Gasteiger partial charge in [0.2, 0.25) is 0 Å². The first-order valence-electron chi connectivity index (χ1n) is 5.58. The number of nitrogens with two attached hydrogens (primary N) is 1. The normalized spacial score (nSPS) is 10.0. The second kappa shape index (κ2) is 7.08. The lowest BCUT2D eigenvalue weighted by molar-refractivity contribution is -0.122. The van der Waals surface area contributed by atoms with Crippen LogP contribution in [0.4, 0.5) is 0 Å². The molecule has 18 heavy (non-hydrogen) atoms. The molecule has 0 unspecified atom stereocenters. The van der Waals surface area contributed by atoms with Gasteiger partial charge in [-0.25, -0.2) is 0 Å². The van der Waals surface area contributed by atoms with Crippen molar-refractivity contribution in [3.05, 3.63) is 22.7 Å². The van der Waals surface area contributed by atoms with Crippen molar-refractivity contribution < 1.29 is 14.3 Å². The fourth-order valence-electron chi connectivity index (χ4n) is 1.42. The van der Waals surface area contributed by atoms with Gasteiger partial charge >= 0.3 is 0 Å². The summed E-state index contributed by atoms with van der Waals surface area (Å²) in [5, 5.41) is 3.00. The van der Waals surface area contributed by atoms with Crippen LogP contribution in [0.1, 0.15) is 12.5 Å². The van der Waals surface area contributed by atoms with Crippen LogP contribution in [0.2, 0.25) is 5.02 Å². The van der Waals surface area contributed by atoms with Gasteiger partial charge in [-0.05, 0) is 24.6 Å². The van der Waals surface area contributed by atoms with Crippen molar-refractivity contribution in [2.24, 2.45) is 5.73 Å². The Morgan fingerprint density at radius 1 is 1.50 bits per heavy atom. The summed E-state index contributed by atoms with van der Waals surface area (Å²) in [6.45, 7) is 2.64. The molecule has 1 rings (SSSR count). The van der Waals surface area contributed by atoms with Crippen molar-refractivity contribution in [2.45, 2.75) is 13.5 Å². The maximum atomic E-state index is 11.3. The fraction of sp³-hybridized carbons (Fsp3) is 0.417. The Kier molecular flexibility index (Phi) is 5.74. The molecule has 1 amide bonds. The van der Waals surface area contributed by atoms with Crippen LogP contribution in [0.25, 0.3) is 0 Å². The minimum atomic E-state index is -0.210. The third-order valence-corrected chi connectivity index (χ3v) is 2.53. The standard InChI is InChI=1S/C12H17ClN2O3/c1-3-15-11(16)7-18-12-9(13)4-8(6-14)5-10(12)17-2/h4-5H,3,6-7,14H2,1-2H3,(H,15,16). The zero-order chi connectivity index (χ0) is 13.5. The highest BCUT2D eigenvalue weighted by molar-refractivity contribution is 6.32. The van der Waals surface area contributed by atoms with Gasteiger partial charge in [0.15, 0.2) is 18.1 Å². The Bertz CT molecular complexity index is 424. The first-order valence-corrected chi connectivity index (χ1v) is 5.96. The Hall–Kier alpha value is -1.46. The molecule has 1 aromatic carbocycles. The topological polar surface area (TPSA) is 73.6 Å². The highest BCUT2D eigenvalue weighted by atomic mass is 35.5. The molecule has 0 radical (unpaired) electrons. The van der Waals surface area contributed by atoms with Crippen LogP contribution in [0.3, 0.4) is 0 Å². The molecule has 3 N–H and O–H groups in total. The van der Waals surface area contributed by atoms with E-state index >= 15 is 0 Å². The summed E-state index contributed by atoms with van der Waals surface area (Å²) in [4.78, 5) is 11.3. The minimum absolute atomic E-state index is 0.105. The number of methoxy groups -OCH3 is 1. The smallest absolute Gasteiger partial charge is 0.257 e. The summed E-state index contributed by atoms with van der Waals surface area (Å²) < 4.78 is 10.5. The Morgan fingerprint density at radius 3 is 2.78 bits per heavy atom. The molecule has 0 aliphatic heterocycles. The van der Waals surface area contributed by atoms with Crippen molar-refractivity contribution in [3.8, 4) is 11.5 Å². The van der Waals surface area contributed by atoms with Crippen molar-refractivity contribution in [1.82, 2.24) is 5.32 Å². The van der Waals surface area contributed by atoms with E-state index in [2.05, 4.69) is 5.32 Å². The molecule has 0 saturated carbocycles. The summed E-state index contributed by atoms with van der Waals surface area (Å²) in [6.07, 6.45) is 0. The molecule has 0 aromatic heterocycles. The van der Waals surface area contributed by atoms with Crippen molar-refractivity contribution >= 4 is 17.5 Å². The van der Waals surface area contributed by atoms with E-state index in [1.54, 1.807) is 12.1 Å². The van der Waals surface area contributed by atoms with E-state index < -0.39 is 0 Å². The molecule has 0 heterocycles. The molecule has 1 aromatic rings. The van der Waals surface area contributed by atoms with Gasteiger partial charge in [-0.2, -0.15) is 0 Å². The molecular formula is C12H17ClN2O3. The third-order valence-electron chi connectivity index (χ3n) is 2.25. The SMILES string of the molecule is CCNC(=O)COc1c(Cl)cc(CN)cc1OC. The number of nitrogens with one attached hydrogen (secondary N) is 1. The number of likely N-dealkylation sites (N-methyl/N-ethyl adjacent to an activating group) is 1. The lowest BCUT2D eigenvalue weighted by Gasteiger charge is -2.13. The molecule has 0 saturated heterocycles. The van der Waals surface area contributed by atoms with Crippen molar-refractivity contribution in [1.29, 1.82) is 0 Å². The number of rotatable bonds is 6. The van der Waals surface area contributed by atoms with Gasteiger partial charge in [-0.15, -0.1) is 0 Å². The summed E-state index contributed by atoms with van der Waals surface area (Å²) in [5.41, 5.74) is 6.37. The molecular weight excluding hydrogens is 256 g/mol. The highest BCUT2D eigenvalue weighted by Crippen LogP contribution is 2.36. The van der Waals surface area contributed by atoms with E-state index in [0.717, 1.165) is 5.56 Å². The first-order chi connectivity index (χ1) is 8.62. The molecule has 0 aliphatic rings. The summed E-state index contributed by atoms with van der Waals surface area (Å²) >= 11 is 6.06. The lowest BCUT2D eigenvalue weighted by Crippen LogP contribution is -2.28. The van der Waals surface area contributed by atoms with Crippen LogP contribution in [0.15, 0.2) is 12.1 Å². The summed E-state index contributed by atoms with van der Waals surface area (Å²) in [5.74, 6) is 0.605. The molecule has 0 bridgehead atoms. The number of halogens is 1. The number of carbonyl (C=O) groups excluding carboxylic acids is 1. The largest absolute Gasteiger partial charge is 0.493 e. The Labute approximate surface area is 111 Å². The van der Waals surface area contributed by atoms with Crippen LogP contribution in [0, 0.1) is 0 Å². The van der Waals surface area contributed by atoms with Crippen molar-refractivity contribution in [3.63, 3.8) is 0 Å². The molecule has 0 aliphatic carbocycles. The number of benzene rings is 1. The van der Waals surface area contributed by atoms with Gasteiger partial charge in [0.25, 0.3) is 5.91 Å². The lowest BCUT2D eigenvalue weighted by atomic mass is 10.2. The van der Waals surface area contributed by atoms with Crippen LogP contribution >= 0.6 is 11.6 Å². The number of hydrogen-bond acceptors (Lipinski definition) is 4. The zero-order valence-corrected chi connectivity index (χ0v) is 11.2. The van der Waals surface area contributed by atoms with E-state index in [1.807, 2.05) is 6.92 Å². The molecule has 100 valence electrons. The zero-order valence-electron chi connectivity index (χ0n) is 10.5. The maximum Gasteiger partial charge on any atom is 0.257 e. The maximum absolute atomic E-state index is 11.3. The van der Waals surface area contributed by atoms with Crippen LogP contribution in [-0.4, -0.2) is 26.2 Å². The molecule has 6 heteroatoms. The molecule has 0 fully saturated rings. The third kappa shape index (κ3) is 3.78. The van der Waals surface area contributed by atoms with Gasteiger partial charge < -0.3 is 20.5 Å². The number of ether oxygens (including phenoxy) is 2. The van der Waals surface area contributed by atoms with E-state index in [1.165, 1.54) is 7.11 Å². The van der Waals surface area contributed by atoms with Gasteiger partial charge in [0.1, 0.15) is 0 Å². The Morgan fingerprint density at radius 2 is 2.22 bits per heavy atom. The summed E-state index contributed by atoms with van der Waals surface area (Å²) in [7, 11) is 1.50.